The van der Waals surface area contributed by atoms with E-state index in [-0.39, 0.29) is 6.29 Å². The second kappa shape index (κ2) is 3.49. The monoisotopic (exact) mass is 148 g/mol. The molecule has 0 spiro atoms. The van der Waals surface area contributed by atoms with Gasteiger partial charge in [0.2, 0.25) is 0 Å². The highest BCUT2D eigenvalue weighted by Gasteiger charge is 2.30. The fourth-order valence-electron chi connectivity index (χ4n) is 0.335. The predicted molar refractivity (Wildman–Crippen MR) is 28.5 cm³/mol. The number of hydrogen-bond donors (Lipinski definition) is 0. The van der Waals surface area contributed by atoms with Crippen molar-refractivity contribution >= 4 is 6.29 Å². The van der Waals surface area contributed by atoms with Crippen molar-refractivity contribution in [1.82, 2.24) is 0 Å². The summed E-state index contributed by atoms with van der Waals surface area (Å²) in [6.07, 6.45) is -2.52. The van der Waals surface area contributed by atoms with E-state index in [1.54, 1.807) is 0 Å². The summed E-state index contributed by atoms with van der Waals surface area (Å²) in [6.45, 7) is 0. The summed E-state index contributed by atoms with van der Waals surface area (Å²) in [6, 6.07) is 0. The smallest absolute Gasteiger partial charge is 0.303 e. The fourth-order valence-corrected chi connectivity index (χ4v) is 0.335. The topological polar surface area (TPSA) is 103 Å². The third-order valence-corrected chi connectivity index (χ3v) is 0.794. The Morgan fingerprint density at radius 2 is 1.70 bits per heavy atom. The molecule has 0 unspecified atom stereocenters. The first-order valence-electron chi connectivity index (χ1n) is 2.30. The Hall–Kier alpha value is -1.53. The van der Waals surface area contributed by atoms with Crippen LogP contribution in [0.5, 0.6) is 0 Å². The molecule has 0 N–H and O–H groups in total. The molecule has 0 bridgehead atoms. The van der Waals surface area contributed by atoms with Crippen LogP contribution in [0.4, 0.5) is 0 Å². The second-order valence-corrected chi connectivity index (χ2v) is 1.45. The number of nitro groups is 2. The Morgan fingerprint density at radius 1 is 1.30 bits per heavy atom. The molecule has 0 rings (SSSR count). The van der Waals surface area contributed by atoms with E-state index in [4.69, 9.17) is 0 Å². The maximum atomic E-state index is 9.74. The maximum absolute atomic E-state index is 9.74. The first kappa shape index (κ1) is 8.47. The van der Waals surface area contributed by atoms with E-state index < -0.39 is 22.4 Å². The lowest BCUT2D eigenvalue weighted by Gasteiger charge is -1.94. The molecule has 0 fully saturated rings. The average Bonchev–Trinajstić information content (AvgIpc) is 1.81. The van der Waals surface area contributed by atoms with Gasteiger partial charge in [0, 0.05) is 0 Å². The van der Waals surface area contributed by atoms with Gasteiger partial charge >= 0.3 is 6.17 Å². The molecule has 0 amide bonds. The minimum atomic E-state index is -1.99. The van der Waals surface area contributed by atoms with Crippen molar-refractivity contribution in [3.63, 3.8) is 0 Å². The van der Waals surface area contributed by atoms with Gasteiger partial charge in [0.25, 0.3) is 0 Å². The Kier molecular flexibility index (Phi) is 2.95. The Balaban J connectivity index is 4.11. The van der Waals surface area contributed by atoms with Crippen LogP contribution in [-0.4, -0.2) is 22.3 Å². The van der Waals surface area contributed by atoms with E-state index in [1.807, 2.05) is 0 Å². The van der Waals surface area contributed by atoms with Crippen molar-refractivity contribution in [1.29, 1.82) is 0 Å². The molecule has 0 saturated carbocycles. The number of carbonyl (C=O) groups excluding carboxylic acids is 1. The van der Waals surface area contributed by atoms with Gasteiger partial charge in [0.15, 0.2) is 0 Å². The Labute approximate surface area is 54.9 Å². The van der Waals surface area contributed by atoms with Gasteiger partial charge in [-0.2, -0.15) is 0 Å². The van der Waals surface area contributed by atoms with Gasteiger partial charge in [0.05, 0.1) is 9.85 Å². The fraction of sp³-hybridized carbons (Fsp3) is 0.667. The van der Waals surface area contributed by atoms with Crippen molar-refractivity contribution in [3.05, 3.63) is 20.2 Å². The van der Waals surface area contributed by atoms with E-state index in [1.165, 1.54) is 0 Å². The number of nitrogens with zero attached hydrogens (tertiary/aromatic N) is 2. The van der Waals surface area contributed by atoms with Crippen LogP contribution in [0.15, 0.2) is 0 Å². The molecule has 0 radical (unpaired) electrons. The normalized spacial score (nSPS) is 9.30. The standard InChI is InChI=1S/C3H4N2O5/c6-2-1-3(4(7)8)5(9)10/h2-3H,1H2. The molecule has 0 aliphatic rings. The van der Waals surface area contributed by atoms with Crippen molar-refractivity contribution in [2.24, 2.45) is 0 Å². The van der Waals surface area contributed by atoms with Gasteiger partial charge < -0.3 is 4.79 Å². The number of aldehydes is 1. The molecule has 0 atom stereocenters. The van der Waals surface area contributed by atoms with E-state index in [9.17, 15) is 25.0 Å². The lowest BCUT2D eigenvalue weighted by Crippen LogP contribution is -2.28. The largest absolute Gasteiger partial charge is 0.457 e. The summed E-state index contributed by atoms with van der Waals surface area (Å²) < 4.78 is 0. The molecule has 0 saturated heterocycles. The molecule has 7 nitrogen and oxygen atoms in total. The van der Waals surface area contributed by atoms with Gasteiger partial charge in [-0.3, -0.25) is 20.2 Å². The second-order valence-electron chi connectivity index (χ2n) is 1.45. The van der Waals surface area contributed by atoms with Gasteiger partial charge in [-0.25, -0.2) is 0 Å². The van der Waals surface area contributed by atoms with E-state index in [2.05, 4.69) is 0 Å². The molecular formula is C3H4N2O5. The number of carbonyl (C=O) groups is 1. The van der Waals surface area contributed by atoms with Gasteiger partial charge in [-0.05, 0) is 0 Å². The zero-order valence-corrected chi connectivity index (χ0v) is 4.80. The van der Waals surface area contributed by atoms with Crippen molar-refractivity contribution in [2.45, 2.75) is 12.6 Å². The minimum absolute atomic E-state index is 0.149. The van der Waals surface area contributed by atoms with Crippen LogP contribution < -0.4 is 0 Å². The Morgan fingerprint density at radius 3 is 1.80 bits per heavy atom. The molecule has 10 heavy (non-hydrogen) atoms. The van der Waals surface area contributed by atoms with Crippen LogP contribution in [0.3, 0.4) is 0 Å². The molecule has 7 heteroatoms. The quantitative estimate of drug-likeness (QED) is 0.230. The molecule has 0 heterocycles. The van der Waals surface area contributed by atoms with Crippen molar-refractivity contribution < 1.29 is 14.6 Å². The maximum Gasteiger partial charge on any atom is 0.457 e. The molecule has 0 aliphatic carbocycles. The summed E-state index contributed by atoms with van der Waals surface area (Å²) in [4.78, 5) is 26.9. The first-order chi connectivity index (χ1) is 4.59. The first-order valence-corrected chi connectivity index (χ1v) is 2.30. The van der Waals surface area contributed by atoms with E-state index in [0.717, 1.165) is 0 Å². The third kappa shape index (κ3) is 2.16. The van der Waals surface area contributed by atoms with Gasteiger partial charge in [0.1, 0.15) is 12.7 Å². The molecule has 0 aromatic rings. The van der Waals surface area contributed by atoms with Crippen LogP contribution in [0.2, 0.25) is 0 Å². The van der Waals surface area contributed by atoms with Crippen LogP contribution in [0, 0.1) is 20.2 Å². The summed E-state index contributed by atoms with van der Waals surface area (Å²) >= 11 is 0. The molecule has 0 aliphatic heterocycles. The summed E-state index contributed by atoms with van der Waals surface area (Å²) in [7, 11) is 0. The number of hydrogen-bond acceptors (Lipinski definition) is 5. The van der Waals surface area contributed by atoms with Crippen LogP contribution >= 0.6 is 0 Å². The lowest BCUT2D eigenvalue weighted by atomic mass is 10.4. The van der Waals surface area contributed by atoms with Crippen LogP contribution in [-0.2, 0) is 4.79 Å². The molecular weight excluding hydrogens is 144 g/mol. The highest BCUT2D eigenvalue weighted by Crippen LogP contribution is 1.93. The van der Waals surface area contributed by atoms with Crippen molar-refractivity contribution in [3.8, 4) is 0 Å². The Bertz CT molecular complexity index is 152. The predicted octanol–water partition coefficient (Wildman–Crippen LogP) is -0.545. The summed E-state index contributed by atoms with van der Waals surface area (Å²) in [5, 5.41) is 19.5. The molecule has 56 valence electrons. The van der Waals surface area contributed by atoms with Gasteiger partial charge in [-0.15, -0.1) is 0 Å². The SMILES string of the molecule is O=CCC([N+](=O)[O-])[N+](=O)[O-]. The lowest BCUT2D eigenvalue weighted by molar-refractivity contribution is -0.740. The summed E-state index contributed by atoms with van der Waals surface area (Å²) in [5.74, 6) is 0. The zero-order chi connectivity index (χ0) is 8.15. The number of rotatable bonds is 4. The average molecular weight is 148 g/mol. The highest BCUT2D eigenvalue weighted by molar-refractivity contribution is 5.49. The van der Waals surface area contributed by atoms with Crippen LogP contribution in [0.25, 0.3) is 0 Å². The minimum Gasteiger partial charge on any atom is -0.303 e. The van der Waals surface area contributed by atoms with E-state index in [0.29, 0.717) is 0 Å². The third-order valence-electron chi connectivity index (χ3n) is 0.794. The van der Waals surface area contributed by atoms with Crippen LogP contribution in [0.1, 0.15) is 6.42 Å². The molecule has 0 aromatic heterocycles. The summed E-state index contributed by atoms with van der Waals surface area (Å²) in [5.41, 5.74) is 0. The van der Waals surface area contributed by atoms with E-state index >= 15 is 0 Å². The highest BCUT2D eigenvalue weighted by atomic mass is 16.7. The molecule has 0 aromatic carbocycles. The van der Waals surface area contributed by atoms with Crippen molar-refractivity contribution in [2.75, 3.05) is 0 Å². The zero-order valence-electron chi connectivity index (χ0n) is 4.80. The van der Waals surface area contributed by atoms with Gasteiger partial charge in [-0.1, -0.05) is 0 Å².